The molecule has 0 bridgehead atoms. The van der Waals surface area contributed by atoms with Crippen LogP contribution >= 0.6 is 0 Å². The number of hydrogen-bond acceptors (Lipinski definition) is 8. The molecule has 4 rings (SSSR count). The number of anilines is 3. The van der Waals surface area contributed by atoms with E-state index in [1.807, 2.05) is 0 Å². The number of carbonyl (C=O) groups is 1. The van der Waals surface area contributed by atoms with Gasteiger partial charge in [-0.1, -0.05) is 18.2 Å². The first-order chi connectivity index (χ1) is 15.3. The number of nitrogens with one attached hydrogen (secondary N) is 1. The monoisotopic (exact) mass is 436 g/mol. The number of nitrogens with two attached hydrogens (primary N) is 2. The Labute approximate surface area is 182 Å². The van der Waals surface area contributed by atoms with Crippen LogP contribution in [-0.4, -0.2) is 36.9 Å². The van der Waals surface area contributed by atoms with Gasteiger partial charge in [-0.2, -0.15) is 5.10 Å². The van der Waals surface area contributed by atoms with E-state index < -0.39 is 6.09 Å². The van der Waals surface area contributed by atoms with Crippen LogP contribution in [0.2, 0.25) is 0 Å². The van der Waals surface area contributed by atoms with Crippen molar-refractivity contribution < 1.29 is 13.9 Å². The van der Waals surface area contributed by atoms with Crippen molar-refractivity contribution in [3.05, 3.63) is 54.0 Å². The number of fused-ring (bicyclic) bond motifs is 1. The van der Waals surface area contributed by atoms with Gasteiger partial charge in [0.2, 0.25) is 0 Å². The fourth-order valence-electron chi connectivity index (χ4n) is 3.15. The van der Waals surface area contributed by atoms with Gasteiger partial charge in [-0.25, -0.2) is 28.8 Å². The second-order valence-corrected chi connectivity index (χ2v) is 7.24. The Bertz CT molecular complexity index is 1280. The Balaban J connectivity index is 1.74. The smallest absolute Gasteiger partial charge is 0.412 e. The van der Waals surface area contributed by atoms with Gasteiger partial charge in [0, 0.05) is 11.8 Å². The number of amides is 1. The van der Waals surface area contributed by atoms with Gasteiger partial charge < -0.3 is 16.2 Å². The second kappa shape index (κ2) is 8.46. The second-order valence-electron chi connectivity index (χ2n) is 7.24. The van der Waals surface area contributed by atoms with Gasteiger partial charge in [0.1, 0.15) is 17.2 Å². The lowest BCUT2D eigenvalue weighted by Crippen LogP contribution is -2.20. The molecule has 0 aliphatic heterocycles. The van der Waals surface area contributed by atoms with Gasteiger partial charge in [0.05, 0.1) is 18.0 Å². The molecule has 0 saturated heterocycles. The maximum Gasteiger partial charge on any atom is 0.412 e. The quantitative estimate of drug-likeness (QED) is 0.432. The van der Waals surface area contributed by atoms with Crippen LogP contribution in [0, 0.1) is 5.82 Å². The van der Waals surface area contributed by atoms with E-state index in [9.17, 15) is 9.18 Å². The van der Waals surface area contributed by atoms with E-state index in [1.54, 1.807) is 55.1 Å². The molecule has 0 fully saturated rings. The van der Waals surface area contributed by atoms with Crippen molar-refractivity contribution in [1.29, 1.82) is 0 Å². The molecule has 0 aliphatic rings. The molecule has 1 amide bonds. The number of ether oxygens (including phenoxy) is 1. The molecule has 32 heavy (non-hydrogen) atoms. The summed E-state index contributed by atoms with van der Waals surface area (Å²) in [6, 6.07) is 9.97. The highest BCUT2D eigenvalue weighted by molar-refractivity contribution is 5.94. The van der Waals surface area contributed by atoms with Crippen molar-refractivity contribution in [2.45, 2.75) is 26.5 Å². The topological polar surface area (TPSA) is 147 Å². The zero-order chi connectivity index (χ0) is 22.8. The Morgan fingerprint density at radius 1 is 1.16 bits per heavy atom. The van der Waals surface area contributed by atoms with Crippen molar-refractivity contribution in [2.24, 2.45) is 0 Å². The maximum absolute atomic E-state index is 14.2. The van der Waals surface area contributed by atoms with E-state index in [2.05, 4.69) is 25.4 Å². The number of hydrogen-bond donors (Lipinski definition) is 3. The van der Waals surface area contributed by atoms with Gasteiger partial charge in [-0.05, 0) is 32.0 Å². The predicted octanol–water partition coefficient (Wildman–Crippen LogP) is 3.20. The molecular formula is C21H21FN8O2. The zero-order valence-electron chi connectivity index (χ0n) is 17.4. The molecule has 0 aliphatic carbocycles. The molecule has 4 aromatic rings. The molecule has 3 heterocycles. The van der Waals surface area contributed by atoms with Crippen LogP contribution in [-0.2, 0) is 11.3 Å². The van der Waals surface area contributed by atoms with Gasteiger partial charge in [-0.3, -0.25) is 5.32 Å². The highest BCUT2D eigenvalue weighted by Crippen LogP contribution is 2.30. The minimum Gasteiger partial charge on any atom is -0.447 e. The number of carbonyl (C=O) groups excluding carboxylic acids is 1. The van der Waals surface area contributed by atoms with Crippen LogP contribution in [0.25, 0.3) is 22.6 Å². The maximum atomic E-state index is 14.2. The summed E-state index contributed by atoms with van der Waals surface area (Å²) in [7, 11) is 0. The summed E-state index contributed by atoms with van der Waals surface area (Å²) in [5.74, 6) is -0.294. The molecule has 11 heteroatoms. The molecule has 0 spiro atoms. The molecule has 0 saturated carbocycles. The van der Waals surface area contributed by atoms with E-state index in [0.717, 1.165) is 0 Å². The molecule has 1 aromatic carbocycles. The number of aromatic nitrogens is 5. The first-order valence-electron chi connectivity index (χ1n) is 9.79. The summed E-state index contributed by atoms with van der Waals surface area (Å²) in [4.78, 5) is 24.8. The van der Waals surface area contributed by atoms with Gasteiger partial charge in [-0.15, -0.1) is 0 Å². The molecule has 5 N–H and O–H groups in total. The lowest BCUT2D eigenvalue weighted by atomic mass is 10.2. The Kier molecular flexibility index (Phi) is 5.54. The SMILES string of the molecule is CC(C)OC(=O)Nc1c(N)nc(-c2nn(Cc3ccccc3F)c3ncccc23)nc1N. The lowest BCUT2D eigenvalue weighted by molar-refractivity contribution is 0.130. The van der Waals surface area contributed by atoms with Crippen LogP contribution in [0.3, 0.4) is 0 Å². The van der Waals surface area contributed by atoms with Crippen molar-refractivity contribution in [1.82, 2.24) is 24.7 Å². The molecule has 0 atom stereocenters. The third kappa shape index (κ3) is 4.13. The first-order valence-corrected chi connectivity index (χ1v) is 9.79. The molecule has 0 radical (unpaired) electrons. The number of nitrogens with zero attached hydrogens (tertiary/aromatic N) is 5. The van der Waals surface area contributed by atoms with E-state index in [-0.39, 0.29) is 41.6 Å². The van der Waals surface area contributed by atoms with Crippen molar-refractivity contribution in [3.63, 3.8) is 0 Å². The molecular weight excluding hydrogens is 415 g/mol. The average Bonchev–Trinajstić information content (AvgIpc) is 3.10. The highest BCUT2D eigenvalue weighted by atomic mass is 19.1. The summed E-state index contributed by atoms with van der Waals surface area (Å²) in [6.07, 6.45) is 0.566. The summed E-state index contributed by atoms with van der Waals surface area (Å²) < 4.78 is 20.8. The van der Waals surface area contributed by atoms with Crippen LogP contribution < -0.4 is 16.8 Å². The fourth-order valence-corrected chi connectivity index (χ4v) is 3.15. The predicted molar refractivity (Wildman–Crippen MR) is 118 cm³/mol. The van der Waals surface area contributed by atoms with Crippen molar-refractivity contribution in [2.75, 3.05) is 16.8 Å². The number of halogens is 1. The number of nitrogen functional groups attached to an aromatic ring is 2. The largest absolute Gasteiger partial charge is 0.447 e. The van der Waals surface area contributed by atoms with E-state index in [1.165, 1.54) is 6.07 Å². The Morgan fingerprint density at radius 3 is 2.56 bits per heavy atom. The van der Waals surface area contributed by atoms with E-state index in [0.29, 0.717) is 22.3 Å². The normalized spacial score (nSPS) is 11.1. The summed E-state index contributed by atoms with van der Waals surface area (Å²) in [6.45, 7) is 3.58. The van der Waals surface area contributed by atoms with Gasteiger partial charge >= 0.3 is 6.09 Å². The summed E-state index contributed by atoms with van der Waals surface area (Å²) in [5.41, 5.74) is 13.5. The summed E-state index contributed by atoms with van der Waals surface area (Å²) >= 11 is 0. The first kappa shape index (κ1) is 21.0. The van der Waals surface area contributed by atoms with Gasteiger partial charge in [0.15, 0.2) is 23.1 Å². The third-order valence-electron chi connectivity index (χ3n) is 4.53. The number of pyridine rings is 1. The minimum absolute atomic E-state index is 0.0473. The van der Waals surface area contributed by atoms with Crippen LogP contribution in [0.15, 0.2) is 42.6 Å². The van der Waals surface area contributed by atoms with Crippen LogP contribution in [0.5, 0.6) is 0 Å². The molecule has 0 unspecified atom stereocenters. The van der Waals surface area contributed by atoms with Crippen molar-refractivity contribution >= 4 is 34.4 Å². The molecule has 3 aromatic heterocycles. The lowest BCUT2D eigenvalue weighted by Gasteiger charge is -2.12. The summed E-state index contributed by atoms with van der Waals surface area (Å²) in [5, 5.41) is 7.64. The third-order valence-corrected chi connectivity index (χ3v) is 4.53. The van der Waals surface area contributed by atoms with E-state index >= 15 is 0 Å². The average molecular weight is 436 g/mol. The number of rotatable bonds is 5. The van der Waals surface area contributed by atoms with Gasteiger partial charge in [0.25, 0.3) is 0 Å². The van der Waals surface area contributed by atoms with Crippen LogP contribution in [0.4, 0.5) is 26.5 Å². The Morgan fingerprint density at radius 2 is 1.88 bits per heavy atom. The van der Waals surface area contributed by atoms with Crippen molar-refractivity contribution in [3.8, 4) is 11.5 Å². The van der Waals surface area contributed by atoms with Crippen LogP contribution in [0.1, 0.15) is 19.4 Å². The number of benzene rings is 1. The van der Waals surface area contributed by atoms with E-state index in [4.69, 9.17) is 16.2 Å². The molecule has 164 valence electrons. The Hall–Kier alpha value is -4.28. The fraction of sp³-hybridized carbons (Fsp3) is 0.190. The zero-order valence-corrected chi connectivity index (χ0v) is 17.4. The standard InChI is InChI=1S/C21H21FN8O2/c1-11(2)32-21(31)26-16-17(23)27-19(28-18(16)24)15-13-7-5-9-25-20(13)30(29-15)10-12-6-3-4-8-14(12)22/h3-9,11H,10H2,1-2H3,(H,26,31)(H4,23,24,27,28). The minimum atomic E-state index is -0.724. The highest BCUT2D eigenvalue weighted by Gasteiger charge is 2.20. The molecule has 10 nitrogen and oxygen atoms in total.